The van der Waals surface area contributed by atoms with Crippen LogP contribution in [-0.2, 0) is 9.53 Å². The minimum atomic E-state index is -1.02. The van der Waals surface area contributed by atoms with Gasteiger partial charge >= 0.3 is 12.0 Å². The molecule has 0 aromatic rings. The van der Waals surface area contributed by atoms with E-state index in [0.29, 0.717) is 25.1 Å². The normalized spacial score (nSPS) is 19.0. The third-order valence-corrected chi connectivity index (χ3v) is 3.77. The number of nitrogens with one attached hydrogen (secondary N) is 1. The Morgan fingerprint density at radius 2 is 2.19 bits per heavy atom. The van der Waals surface area contributed by atoms with Crippen LogP contribution in [-0.4, -0.2) is 79.4 Å². The Morgan fingerprint density at radius 1 is 1.48 bits per heavy atom. The minimum absolute atomic E-state index is 0.275. The number of hydrogen-bond donors (Lipinski definition) is 2. The average molecular weight is 301 g/mol. The molecule has 2 N–H and O–H groups in total. The number of carboxylic acid groups (broad SMARTS) is 1. The molecule has 1 atom stereocenters. The largest absolute Gasteiger partial charge is 0.480 e. The highest BCUT2D eigenvalue weighted by atomic mass is 16.5. The van der Waals surface area contributed by atoms with Crippen LogP contribution in [0.5, 0.6) is 0 Å². The number of likely N-dealkylation sites (tertiary alicyclic amines) is 1. The Hall–Kier alpha value is -1.34. The van der Waals surface area contributed by atoms with Crippen molar-refractivity contribution in [3.63, 3.8) is 0 Å². The smallest absolute Gasteiger partial charge is 0.323 e. The number of amides is 2. The molecule has 0 aromatic carbocycles. The van der Waals surface area contributed by atoms with E-state index in [1.165, 1.54) is 12.0 Å². The van der Waals surface area contributed by atoms with Crippen LogP contribution in [0.2, 0.25) is 0 Å². The summed E-state index contributed by atoms with van der Waals surface area (Å²) in [5.41, 5.74) is 0. The van der Waals surface area contributed by atoms with Crippen LogP contribution in [0.15, 0.2) is 0 Å². The second-order valence-electron chi connectivity index (χ2n) is 5.74. The van der Waals surface area contributed by atoms with Gasteiger partial charge in [-0.25, -0.2) is 4.79 Å². The summed E-state index contributed by atoms with van der Waals surface area (Å²) in [6.45, 7) is 7.25. The molecule has 0 aromatic heterocycles. The fourth-order valence-corrected chi connectivity index (χ4v) is 2.46. The lowest BCUT2D eigenvalue weighted by molar-refractivity contribution is -0.137. The number of carboxylic acids is 1. The van der Waals surface area contributed by atoms with Gasteiger partial charge in [-0.15, -0.1) is 0 Å². The summed E-state index contributed by atoms with van der Waals surface area (Å²) in [7, 11) is 1.52. The molecule has 1 fully saturated rings. The molecule has 2 amide bonds. The van der Waals surface area contributed by atoms with Crippen molar-refractivity contribution >= 4 is 12.0 Å². The van der Waals surface area contributed by atoms with Crippen molar-refractivity contribution in [3.8, 4) is 0 Å². The van der Waals surface area contributed by atoms with Gasteiger partial charge in [0.2, 0.25) is 0 Å². The number of carbonyl (C=O) groups is 2. The molecule has 1 saturated heterocycles. The van der Waals surface area contributed by atoms with Crippen LogP contribution in [0.4, 0.5) is 4.79 Å². The van der Waals surface area contributed by atoms with Crippen molar-refractivity contribution in [2.75, 3.05) is 46.4 Å². The third kappa shape index (κ3) is 6.31. The molecular formula is C14H27N3O4. The van der Waals surface area contributed by atoms with Crippen molar-refractivity contribution in [3.05, 3.63) is 0 Å². The first-order valence-corrected chi connectivity index (χ1v) is 7.41. The van der Waals surface area contributed by atoms with E-state index in [9.17, 15) is 9.59 Å². The molecular weight excluding hydrogens is 274 g/mol. The highest BCUT2D eigenvalue weighted by Gasteiger charge is 2.25. The zero-order valence-corrected chi connectivity index (χ0v) is 13.2. The molecule has 0 saturated carbocycles. The van der Waals surface area contributed by atoms with Crippen molar-refractivity contribution in [2.24, 2.45) is 5.92 Å². The van der Waals surface area contributed by atoms with Gasteiger partial charge in [0.1, 0.15) is 6.54 Å². The number of carbonyl (C=O) groups excluding carboxylic acids is 1. The van der Waals surface area contributed by atoms with Gasteiger partial charge in [0.15, 0.2) is 0 Å². The summed E-state index contributed by atoms with van der Waals surface area (Å²) in [4.78, 5) is 26.5. The highest BCUT2D eigenvalue weighted by Crippen LogP contribution is 2.17. The SMILES string of the molecule is COCCN(CC(=O)O)C(=O)NCC1CCN(C(C)C)C1. The number of hydrogen-bond acceptors (Lipinski definition) is 4. The topological polar surface area (TPSA) is 82.1 Å². The summed E-state index contributed by atoms with van der Waals surface area (Å²) in [6, 6.07) is 0.188. The van der Waals surface area contributed by atoms with E-state index in [1.54, 1.807) is 0 Å². The molecule has 1 aliphatic heterocycles. The van der Waals surface area contributed by atoms with Gasteiger partial charge < -0.3 is 25.0 Å². The molecule has 0 spiro atoms. The zero-order chi connectivity index (χ0) is 15.8. The molecule has 1 rings (SSSR count). The Balaban J connectivity index is 2.37. The first kappa shape index (κ1) is 17.7. The predicted molar refractivity (Wildman–Crippen MR) is 79.3 cm³/mol. The lowest BCUT2D eigenvalue weighted by atomic mass is 10.1. The molecule has 7 heteroatoms. The fourth-order valence-electron chi connectivity index (χ4n) is 2.46. The van der Waals surface area contributed by atoms with Gasteiger partial charge in [-0.1, -0.05) is 0 Å². The fraction of sp³-hybridized carbons (Fsp3) is 0.857. The number of methoxy groups -OCH3 is 1. The minimum Gasteiger partial charge on any atom is -0.480 e. The maximum Gasteiger partial charge on any atom is 0.323 e. The van der Waals surface area contributed by atoms with Crippen molar-refractivity contribution in [1.29, 1.82) is 0 Å². The van der Waals surface area contributed by atoms with E-state index in [4.69, 9.17) is 9.84 Å². The van der Waals surface area contributed by atoms with E-state index in [-0.39, 0.29) is 19.1 Å². The maximum atomic E-state index is 12.0. The van der Waals surface area contributed by atoms with Gasteiger partial charge in [0.05, 0.1) is 6.61 Å². The van der Waals surface area contributed by atoms with Crippen LogP contribution >= 0.6 is 0 Å². The first-order chi connectivity index (χ1) is 9.93. The summed E-state index contributed by atoms with van der Waals surface area (Å²) >= 11 is 0. The molecule has 0 bridgehead atoms. The lowest BCUT2D eigenvalue weighted by Gasteiger charge is -2.23. The Labute approximate surface area is 126 Å². The van der Waals surface area contributed by atoms with E-state index in [0.717, 1.165) is 19.5 Å². The number of aliphatic carboxylic acids is 1. The first-order valence-electron chi connectivity index (χ1n) is 7.41. The van der Waals surface area contributed by atoms with E-state index >= 15 is 0 Å². The molecule has 1 unspecified atom stereocenters. The van der Waals surface area contributed by atoms with Crippen LogP contribution in [0.1, 0.15) is 20.3 Å². The average Bonchev–Trinajstić information content (AvgIpc) is 2.89. The van der Waals surface area contributed by atoms with Gasteiger partial charge in [-0.05, 0) is 32.7 Å². The number of urea groups is 1. The van der Waals surface area contributed by atoms with Crippen LogP contribution in [0.3, 0.4) is 0 Å². The third-order valence-electron chi connectivity index (χ3n) is 3.77. The molecule has 21 heavy (non-hydrogen) atoms. The monoisotopic (exact) mass is 301 g/mol. The summed E-state index contributed by atoms with van der Waals surface area (Å²) < 4.78 is 4.90. The molecule has 0 aliphatic carbocycles. The maximum absolute atomic E-state index is 12.0. The Kier molecular flexibility index (Phi) is 7.45. The van der Waals surface area contributed by atoms with Gasteiger partial charge in [0.25, 0.3) is 0 Å². The van der Waals surface area contributed by atoms with Gasteiger partial charge in [0, 0.05) is 32.8 Å². The van der Waals surface area contributed by atoms with Gasteiger partial charge in [-0.2, -0.15) is 0 Å². The van der Waals surface area contributed by atoms with Crippen LogP contribution in [0, 0.1) is 5.92 Å². The van der Waals surface area contributed by atoms with E-state index in [1.807, 2.05) is 0 Å². The highest BCUT2D eigenvalue weighted by molar-refractivity contribution is 5.80. The van der Waals surface area contributed by atoms with Crippen LogP contribution < -0.4 is 5.32 Å². The number of rotatable bonds is 8. The summed E-state index contributed by atoms with van der Waals surface area (Å²) in [5, 5.41) is 11.7. The van der Waals surface area contributed by atoms with Gasteiger partial charge in [-0.3, -0.25) is 4.79 Å². The summed E-state index contributed by atoms with van der Waals surface area (Å²) in [6.07, 6.45) is 1.06. The standard InChI is InChI=1S/C14H27N3O4/c1-11(2)16-5-4-12(9-16)8-15-14(20)17(6-7-21-3)10-13(18)19/h11-12H,4-10H2,1-3H3,(H,15,20)(H,18,19). The Bertz CT molecular complexity index is 349. The lowest BCUT2D eigenvalue weighted by Crippen LogP contribution is -2.45. The zero-order valence-electron chi connectivity index (χ0n) is 13.2. The summed E-state index contributed by atoms with van der Waals surface area (Å²) in [5.74, 6) is -0.585. The molecule has 1 heterocycles. The molecule has 0 radical (unpaired) electrons. The van der Waals surface area contributed by atoms with Crippen molar-refractivity contribution in [2.45, 2.75) is 26.3 Å². The van der Waals surface area contributed by atoms with Crippen LogP contribution in [0.25, 0.3) is 0 Å². The second-order valence-corrected chi connectivity index (χ2v) is 5.74. The van der Waals surface area contributed by atoms with E-state index < -0.39 is 5.97 Å². The van der Waals surface area contributed by atoms with E-state index in [2.05, 4.69) is 24.1 Å². The molecule has 1 aliphatic rings. The quantitative estimate of drug-likeness (QED) is 0.680. The molecule has 122 valence electrons. The Morgan fingerprint density at radius 3 is 2.71 bits per heavy atom. The predicted octanol–water partition coefficient (Wildman–Crippen LogP) is 0.459. The number of nitrogens with zero attached hydrogens (tertiary/aromatic N) is 2. The van der Waals surface area contributed by atoms with Crippen molar-refractivity contribution in [1.82, 2.24) is 15.1 Å². The molecule has 7 nitrogen and oxygen atoms in total. The second kappa shape index (κ2) is 8.84. The van der Waals surface area contributed by atoms with Crippen molar-refractivity contribution < 1.29 is 19.4 Å². The number of ether oxygens (including phenoxy) is 1.